The van der Waals surface area contributed by atoms with Gasteiger partial charge in [-0.05, 0) is 37.8 Å². The Balaban J connectivity index is 1.27. The van der Waals surface area contributed by atoms with Crippen molar-refractivity contribution in [3.63, 3.8) is 0 Å². The Morgan fingerprint density at radius 2 is 1.76 bits per heavy atom. The maximum absolute atomic E-state index is 13.5. The zero-order valence-electron chi connectivity index (χ0n) is 13.9. The molecule has 1 aromatic carbocycles. The Bertz CT molecular complexity index is 752. The average molecular weight is 345 g/mol. The van der Waals surface area contributed by atoms with Crippen LogP contribution in [0.25, 0.3) is 0 Å². The van der Waals surface area contributed by atoms with E-state index < -0.39 is 5.82 Å². The molecule has 1 saturated heterocycles. The van der Waals surface area contributed by atoms with Crippen molar-refractivity contribution in [3.8, 4) is 5.75 Å². The lowest BCUT2D eigenvalue weighted by molar-refractivity contribution is -0.134. The Morgan fingerprint density at radius 3 is 2.40 bits per heavy atom. The highest BCUT2D eigenvalue weighted by Crippen LogP contribution is 2.40. The lowest BCUT2D eigenvalue weighted by Gasteiger charge is -2.30. The van der Waals surface area contributed by atoms with Crippen molar-refractivity contribution in [3.05, 3.63) is 41.9 Å². The average Bonchev–Trinajstić information content (AvgIpc) is 3.38. The summed E-state index contributed by atoms with van der Waals surface area (Å²) in [5.74, 6) is 1.62. The van der Waals surface area contributed by atoms with Gasteiger partial charge in [-0.3, -0.25) is 4.79 Å². The van der Waals surface area contributed by atoms with Gasteiger partial charge in [-0.2, -0.15) is 0 Å². The monoisotopic (exact) mass is 345 g/mol. The van der Waals surface area contributed by atoms with Crippen LogP contribution in [-0.2, 0) is 4.79 Å². The molecule has 1 aliphatic carbocycles. The first-order valence-corrected chi connectivity index (χ1v) is 8.69. The number of halogens is 1. The van der Waals surface area contributed by atoms with E-state index in [0.29, 0.717) is 24.9 Å². The number of carbonyl (C=O) groups is 1. The third-order valence-corrected chi connectivity index (χ3v) is 4.77. The third kappa shape index (κ3) is 3.65. The number of para-hydroxylation sites is 1. The van der Waals surface area contributed by atoms with Crippen LogP contribution >= 0.6 is 0 Å². The number of amides is 1. The Hall–Kier alpha value is -2.44. The van der Waals surface area contributed by atoms with E-state index in [1.54, 1.807) is 17.0 Å². The fourth-order valence-electron chi connectivity index (χ4n) is 3.08. The van der Waals surface area contributed by atoms with Gasteiger partial charge in [0.1, 0.15) is 0 Å². The number of rotatable bonds is 5. The van der Waals surface area contributed by atoms with Gasteiger partial charge in [-0.15, -0.1) is 10.2 Å². The zero-order valence-corrected chi connectivity index (χ0v) is 13.9. The molecule has 4 rings (SSSR count). The van der Waals surface area contributed by atoms with E-state index in [-0.39, 0.29) is 24.2 Å². The van der Waals surface area contributed by atoms with Crippen molar-refractivity contribution in [2.24, 2.45) is 0 Å². The molecule has 0 spiro atoms. The number of hydrogen-bond donors (Lipinski definition) is 0. The molecule has 7 heteroatoms. The topological polar surface area (TPSA) is 68.5 Å². The molecule has 1 saturated carbocycles. The molecule has 1 aliphatic heterocycles. The van der Waals surface area contributed by atoms with Crippen LogP contribution in [0.5, 0.6) is 5.75 Å². The number of hydrogen-bond acceptors (Lipinski definition) is 5. The first-order chi connectivity index (χ1) is 12.2. The van der Waals surface area contributed by atoms with E-state index in [0.717, 1.165) is 31.6 Å². The molecule has 2 heterocycles. The summed E-state index contributed by atoms with van der Waals surface area (Å²) in [5.41, 5.74) is 0. The van der Waals surface area contributed by atoms with Crippen molar-refractivity contribution in [2.75, 3.05) is 19.7 Å². The Kier molecular flexibility index (Phi) is 4.38. The van der Waals surface area contributed by atoms with Gasteiger partial charge < -0.3 is 14.1 Å². The van der Waals surface area contributed by atoms with Crippen molar-refractivity contribution < 1.29 is 18.3 Å². The van der Waals surface area contributed by atoms with Crippen molar-refractivity contribution in [2.45, 2.75) is 37.5 Å². The van der Waals surface area contributed by atoms with E-state index in [4.69, 9.17) is 9.15 Å². The Morgan fingerprint density at radius 1 is 1.12 bits per heavy atom. The lowest BCUT2D eigenvalue weighted by atomic mass is 9.97. The van der Waals surface area contributed by atoms with Gasteiger partial charge in [0, 0.05) is 24.9 Å². The third-order valence-electron chi connectivity index (χ3n) is 4.77. The number of carbonyl (C=O) groups excluding carboxylic acids is 1. The second-order valence-corrected chi connectivity index (χ2v) is 6.63. The summed E-state index contributed by atoms with van der Waals surface area (Å²) in [6, 6.07) is 6.09. The highest BCUT2D eigenvalue weighted by molar-refractivity contribution is 5.77. The number of nitrogens with zero attached hydrogens (tertiary/aromatic N) is 3. The highest BCUT2D eigenvalue weighted by atomic mass is 19.1. The number of ether oxygens (including phenoxy) is 1. The van der Waals surface area contributed by atoms with Crippen LogP contribution in [0.1, 0.15) is 49.3 Å². The zero-order chi connectivity index (χ0) is 17.2. The minimum Gasteiger partial charge on any atom is -0.481 e. The maximum Gasteiger partial charge on any atom is 0.260 e. The predicted octanol–water partition coefficient (Wildman–Crippen LogP) is 2.87. The second-order valence-electron chi connectivity index (χ2n) is 6.63. The number of likely N-dealkylation sites (tertiary alicyclic amines) is 1. The van der Waals surface area contributed by atoms with E-state index in [1.807, 2.05) is 0 Å². The number of aromatic nitrogens is 2. The van der Waals surface area contributed by atoms with E-state index in [1.165, 1.54) is 12.1 Å². The molecule has 1 amide bonds. The van der Waals surface area contributed by atoms with E-state index >= 15 is 0 Å². The summed E-state index contributed by atoms with van der Waals surface area (Å²) in [7, 11) is 0. The quantitative estimate of drug-likeness (QED) is 0.833. The first kappa shape index (κ1) is 16.1. The molecule has 2 aromatic rings. The van der Waals surface area contributed by atoms with Gasteiger partial charge in [-0.1, -0.05) is 12.1 Å². The predicted molar refractivity (Wildman–Crippen MR) is 86.7 cm³/mol. The summed E-state index contributed by atoms with van der Waals surface area (Å²) in [4.78, 5) is 14.0. The number of benzene rings is 1. The maximum atomic E-state index is 13.5. The molecule has 25 heavy (non-hydrogen) atoms. The standard InChI is InChI=1S/C18H20FN3O3/c19-14-3-1-2-4-15(14)24-11-16(23)22-9-7-13(8-10-22)18-21-20-17(25-18)12-5-6-12/h1-4,12-13H,5-11H2. The molecule has 6 nitrogen and oxygen atoms in total. The summed E-state index contributed by atoms with van der Waals surface area (Å²) < 4.78 is 24.6. The van der Waals surface area contributed by atoms with Crippen LogP contribution in [0, 0.1) is 5.82 Å². The minimum absolute atomic E-state index is 0.101. The van der Waals surface area contributed by atoms with E-state index in [2.05, 4.69) is 10.2 Å². The van der Waals surface area contributed by atoms with Crippen LogP contribution < -0.4 is 4.74 Å². The van der Waals surface area contributed by atoms with Gasteiger partial charge in [0.25, 0.3) is 5.91 Å². The van der Waals surface area contributed by atoms with Crippen LogP contribution in [0.15, 0.2) is 28.7 Å². The van der Waals surface area contributed by atoms with Gasteiger partial charge in [0.15, 0.2) is 18.2 Å². The molecule has 2 aliphatic rings. The molecule has 132 valence electrons. The summed E-state index contributed by atoms with van der Waals surface area (Å²) >= 11 is 0. The molecule has 0 unspecified atom stereocenters. The van der Waals surface area contributed by atoms with Crippen molar-refractivity contribution in [1.29, 1.82) is 0 Å². The van der Waals surface area contributed by atoms with Gasteiger partial charge in [-0.25, -0.2) is 4.39 Å². The van der Waals surface area contributed by atoms with Gasteiger partial charge in [0.2, 0.25) is 11.8 Å². The van der Waals surface area contributed by atoms with Crippen molar-refractivity contribution in [1.82, 2.24) is 15.1 Å². The molecule has 1 aromatic heterocycles. The van der Waals surface area contributed by atoms with Crippen molar-refractivity contribution >= 4 is 5.91 Å². The fraction of sp³-hybridized carbons (Fsp3) is 0.500. The summed E-state index contributed by atoms with van der Waals surface area (Å²) in [5, 5.41) is 8.30. The normalized spacial score (nSPS) is 18.4. The van der Waals surface area contributed by atoms with Crippen LogP contribution in [0.4, 0.5) is 4.39 Å². The second kappa shape index (κ2) is 6.82. The van der Waals surface area contributed by atoms with Gasteiger partial charge in [0.05, 0.1) is 0 Å². The minimum atomic E-state index is -0.461. The molecule has 2 fully saturated rings. The smallest absolute Gasteiger partial charge is 0.260 e. The molecule has 0 N–H and O–H groups in total. The van der Waals surface area contributed by atoms with Crippen LogP contribution in [-0.4, -0.2) is 40.7 Å². The highest BCUT2D eigenvalue weighted by Gasteiger charge is 2.32. The number of piperidine rings is 1. The molecule has 0 bridgehead atoms. The molecular weight excluding hydrogens is 325 g/mol. The van der Waals surface area contributed by atoms with Crippen LogP contribution in [0.3, 0.4) is 0 Å². The van der Waals surface area contributed by atoms with E-state index in [9.17, 15) is 9.18 Å². The lowest BCUT2D eigenvalue weighted by Crippen LogP contribution is -2.40. The van der Waals surface area contributed by atoms with Crippen LogP contribution in [0.2, 0.25) is 0 Å². The molecular formula is C18H20FN3O3. The summed E-state index contributed by atoms with van der Waals surface area (Å²) in [6.07, 6.45) is 3.85. The fourth-order valence-corrected chi connectivity index (χ4v) is 3.08. The van der Waals surface area contributed by atoms with Gasteiger partial charge >= 0.3 is 0 Å². The summed E-state index contributed by atoms with van der Waals surface area (Å²) in [6.45, 7) is 1.08. The molecule has 0 atom stereocenters. The Labute approximate surface area is 145 Å². The molecule has 0 radical (unpaired) electrons. The first-order valence-electron chi connectivity index (χ1n) is 8.69. The largest absolute Gasteiger partial charge is 0.481 e. The SMILES string of the molecule is O=C(COc1ccccc1F)N1CCC(c2nnc(C3CC3)o2)CC1.